The first-order valence-corrected chi connectivity index (χ1v) is 8.82. The third-order valence-electron chi connectivity index (χ3n) is 5.68. The van der Waals surface area contributed by atoms with Crippen LogP contribution < -0.4 is 0 Å². The number of hydrogen-bond acceptors (Lipinski definition) is 0. The zero-order valence-electron chi connectivity index (χ0n) is 14.1. The van der Waals surface area contributed by atoms with E-state index in [1.807, 2.05) is 0 Å². The molecule has 0 aliphatic heterocycles. The van der Waals surface area contributed by atoms with Gasteiger partial charge in [0.05, 0.1) is 0 Å². The lowest BCUT2D eigenvalue weighted by molar-refractivity contribution is 0.157. The quantitative estimate of drug-likeness (QED) is 0.554. The zero-order chi connectivity index (χ0) is 16.4. The molecule has 1 aliphatic rings. The standard InChI is InChI=1S/C24H23/c1-2-19-18-24(21-14-8-4-9-15-21,22-16-10-5-11-17-22)23(19)20-12-6-3-7-13-20/h2-17,19,23H,18H2,1H3/t19?,23-/m1/s1. The maximum Gasteiger partial charge on any atom is 0.0277 e. The molecule has 0 heterocycles. The molecule has 0 spiro atoms. The van der Waals surface area contributed by atoms with Crippen LogP contribution in [0.1, 0.15) is 36.0 Å². The van der Waals surface area contributed by atoms with Crippen LogP contribution in [0.2, 0.25) is 0 Å². The van der Waals surface area contributed by atoms with E-state index in [9.17, 15) is 0 Å². The normalized spacial score (nSPS) is 21.9. The second kappa shape index (κ2) is 6.28. The second-order valence-corrected chi connectivity index (χ2v) is 6.79. The minimum atomic E-state index is 0.0705. The molecule has 1 aliphatic carbocycles. The maximum atomic E-state index is 2.39. The van der Waals surface area contributed by atoms with Crippen molar-refractivity contribution >= 4 is 0 Å². The lowest BCUT2D eigenvalue weighted by Gasteiger charge is -2.56. The molecule has 0 aromatic heterocycles. The molecule has 0 heteroatoms. The van der Waals surface area contributed by atoms with Crippen molar-refractivity contribution in [1.29, 1.82) is 0 Å². The predicted molar refractivity (Wildman–Crippen MR) is 101 cm³/mol. The Hall–Kier alpha value is -2.34. The Kier molecular flexibility index (Phi) is 3.98. The first kappa shape index (κ1) is 15.2. The highest BCUT2D eigenvalue weighted by atomic mass is 14.6. The summed E-state index contributed by atoms with van der Waals surface area (Å²) in [5.74, 6) is 1.11. The van der Waals surface area contributed by atoms with Crippen molar-refractivity contribution in [3.05, 3.63) is 114 Å². The van der Waals surface area contributed by atoms with Crippen molar-refractivity contribution in [3.63, 3.8) is 0 Å². The van der Waals surface area contributed by atoms with Crippen molar-refractivity contribution < 1.29 is 0 Å². The minimum Gasteiger partial charge on any atom is -0.0622 e. The van der Waals surface area contributed by atoms with E-state index in [1.165, 1.54) is 23.1 Å². The largest absolute Gasteiger partial charge is 0.0622 e. The molecule has 1 radical (unpaired) electrons. The Morgan fingerprint density at radius 3 is 1.62 bits per heavy atom. The van der Waals surface area contributed by atoms with Gasteiger partial charge < -0.3 is 0 Å². The highest BCUT2D eigenvalue weighted by Gasteiger charge is 2.55. The van der Waals surface area contributed by atoms with Crippen molar-refractivity contribution in [2.75, 3.05) is 0 Å². The Morgan fingerprint density at radius 1 is 0.708 bits per heavy atom. The SMILES string of the molecule is C[CH]C1CC(c2ccccc2)(c2ccccc2)[C@H]1c1ccccc1. The zero-order valence-corrected chi connectivity index (χ0v) is 14.1. The molecule has 0 bridgehead atoms. The van der Waals surface area contributed by atoms with Crippen LogP contribution in [0.15, 0.2) is 91.0 Å². The molecule has 3 aromatic rings. The first-order valence-electron chi connectivity index (χ1n) is 8.82. The van der Waals surface area contributed by atoms with E-state index in [4.69, 9.17) is 0 Å². The van der Waals surface area contributed by atoms with Crippen LogP contribution in [0.5, 0.6) is 0 Å². The third kappa shape index (κ3) is 2.29. The molecule has 1 saturated carbocycles. The van der Waals surface area contributed by atoms with Gasteiger partial charge in [-0.3, -0.25) is 0 Å². The van der Waals surface area contributed by atoms with Crippen LogP contribution in [-0.2, 0) is 5.41 Å². The van der Waals surface area contributed by atoms with E-state index in [0.29, 0.717) is 11.8 Å². The maximum absolute atomic E-state index is 2.39. The van der Waals surface area contributed by atoms with Gasteiger partial charge in [-0.2, -0.15) is 0 Å². The Labute approximate surface area is 145 Å². The van der Waals surface area contributed by atoms with E-state index in [1.54, 1.807) is 0 Å². The summed E-state index contributed by atoms with van der Waals surface area (Å²) in [6.45, 7) is 2.21. The fraction of sp³-hybridized carbons (Fsp3) is 0.208. The van der Waals surface area contributed by atoms with Crippen LogP contribution in [0.4, 0.5) is 0 Å². The summed E-state index contributed by atoms with van der Waals surface area (Å²) in [5.41, 5.74) is 4.38. The summed E-state index contributed by atoms with van der Waals surface area (Å²) < 4.78 is 0. The van der Waals surface area contributed by atoms with Gasteiger partial charge in [-0.15, -0.1) is 0 Å². The van der Waals surface area contributed by atoms with Gasteiger partial charge in [0.15, 0.2) is 0 Å². The molecular formula is C24H23. The predicted octanol–water partition coefficient (Wildman–Crippen LogP) is 6.00. The average molecular weight is 311 g/mol. The average Bonchev–Trinajstić information content (AvgIpc) is 2.64. The van der Waals surface area contributed by atoms with E-state index >= 15 is 0 Å². The Morgan fingerprint density at radius 2 is 1.17 bits per heavy atom. The Bertz CT molecular complexity index is 735. The fourth-order valence-corrected chi connectivity index (χ4v) is 4.56. The van der Waals surface area contributed by atoms with Crippen LogP contribution in [0.25, 0.3) is 0 Å². The van der Waals surface area contributed by atoms with Crippen LogP contribution >= 0.6 is 0 Å². The third-order valence-corrected chi connectivity index (χ3v) is 5.68. The van der Waals surface area contributed by atoms with Gasteiger partial charge in [0.25, 0.3) is 0 Å². The van der Waals surface area contributed by atoms with Crippen molar-refractivity contribution in [3.8, 4) is 0 Å². The lowest BCUT2D eigenvalue weighted by atomic mass is 9.46. The molecule has 24 heavy (non-hydrogen) atoms. The van der Waals surface area contributed by atoms with Gasteiger partial charge in [0.1, 0.15) is 0 Å². The van der Waals surface area contributed by atoms with E-state index in [-0.39, 0.29) is 5.41 Å². The highest BCUT2D eigenvalue weighted by molar-refractivity contribution is 5.50. The minimum absolute atomic E-state index is 0.0705. The van der Waals surface area contributed by atoms with Gasteiger partial charge >= 0.3 is 0 Å². The Balaban J connectivity index is 1.91. The fourth-order valence-electron chi connectivity index (χ4n) is 4.56. The van der Waals surface area contributed by atoms with Crippen LogP contribution in [-0.4, -0.2) is 0 Å². The van der Waals surface area contributed by atoms with Crippen molar-refractivity contribution in [2.24, 2.45) is 5.92 Å². The summed E-state index contributed by atoms with van der Waals surface area (Å²) >= 11 is 0. The monoisotopic (exact) mass is 311 g/mol. The van der Waals surface area contributed by atoms with Crippen LogP contribution in [0, 0.1) is 12.3 Å². The molecular weight excluding hydrogens is 288 g/mol. The van der Waals surface area contributed by atoms with Gasteiger partial charge in [-0.25, -0.2) is 0 Å². The second-order valence-electron chi connectivity index (χ2n) is 6.79. The summed E-state index contributed by atoms with van der Waals surface area (Å²) in [6, 6.07) is 33.1. The summed E-state index contributed by atoms with van der Waals surface area (Å²) in [4.78, 5) is 0. The van der Waals surface area contributed by atoms with Gasteiger partial charge in [0.2, 0.25) is 0 Å². The molecule has 0 nitrogen and oxygen atoms in total. The molecule has 119 valence electrons. The molecule has 1 unspecified atom stereocenters. The molecule has 0 amide bonds. The van der Waals surface area contributed by atoms with Crippen LogP contribution in [0.3, 0.4) is 0 Å². The first-order chi connectivity index (χ1) is 11.9. The summed E-state index contributed by atoms with van der Waals surface area (Å²) in [5, 5.41) is 0. The summed E-state index contributed by atoms with van der Waals surface area (Å²) in [7, 11) is 0. The number of hydrogen-bond donors (Lipinski definition) is 0. The van der Waals surface area contributed by atoms with Gasteiger partial charge in [-0.1, -0.05) is 97.9 Å². The van der Waals surface area contributed by atoms with E-state index in [0.717, 1.165) is 0 Å². The van der Waals surface area contributed by atoms with Crippen molar-refractivity contribution in [2.45, 2.75) is 24.7 Å². The van der Waals surface area contributed by atoms with Gasteiger partial charge in [-0.05, 0) is 35.4 Å². The highest BCUT2D eigenvalue weighted by Crippen LogP contribution is 2.62. The summed E-state index contributed by atoms with van der Waals surface area (Å²) in [6.07, 6.45) is 3.57. The molecule has 3 aromatic carbocycles. The lowest BCUT2D eigenvalue weighted by Crippen LogP contribution is -2.50. The molecule has 2 atom stereocenters. The van der Waals surface area contributed by atoms with Crippen molar-refractivity contribution in [1.82, 2.24) is 0 Å². The molecule has 1 fully saturated rings. The van der Waals surface area contributed by atoms with E-state index in [2.05, 4.69) is 104 Å². The molecule has 0 saturated heterocycles. The van der Waals surface area contributed by atoms with E-state index < -0.39 is 0 Å². The topological polar surface area (TPSA) is 0 Å². The molecule has 0 N–H and O–H groups in total. The molecule has 4 rings (SSSR count). The number of rotatable bonds is 4. The smallest absolute Gasteiger partial charge is 0.0277 e. The number of benzene rings is 3. The van der Waals surface area contributed by atoms with Gasteiger partial charge in [0, 0.05) is 11.3 Å².